The maximum absolute atomic E-state index is 13.4. The second-order valence-electron chi connectivity index (χ2n) is 2.87. The van der Waals surface area contributed by atoms with Crippen LogP contribution >= 0.6 is 0 Å². The second kappa shape index (κ2) is 2.73. The van der Waals surface area contributed by atoms with Gasteiger partial charge in [0.1, 0.15) is 0 Å². The number of benzene rings is 1. The lowest BCUT2D eigenvalue weighted by Gasteiger charge is -1.93. The molecule has 4 nitrogen and oxygen atoms in total. The summed E-state index contributed by atoms with van der Waals surface area (Å²) in [4.78, 5) is 10.8. The number of nitrogen functional groups attached to an aromatic ring is 1. The number of halogens is 1. The quantitative estimate of drug-likeness (QED) is 0.725. The fraction of sp³-hybridized carbons (Fsp3) is 0. The summed E-state index contributed by atoms with van der Waals surface area (Å²) >= 11 is 0. The van der Waals surface area contributed by atoms with Crippen LogP contribution in [0.3, 0.4) is 0 Å². The Kier molecular flexibility index (Phi) is 1.67. The van der Waals surface area contributed by atoms with Crippen LogP contribution in [-0.2, 0) is 0 Å². The number of carboxylic acid groups (broad SMARTS) is 1. The van der Waals surface area contributed by atoms with Gasteiger partial charge in [0, 0.05) is 5.39 Å². The van der Waals surface area contributed by atoms with Crippen LogP contribution in [0.2, 0.25) is 0 Å². The molecule has 3 N–H and O–H groups in total. The molecule has 0 radical (unpaired) electrons. The van der Waals surface area contributed by atoms with Crippen molar-refractivity contribution in [1.82, 2.24) is 4.79 Å². The van der Waals surface area contributed by atoms with E-state index in [4.69, 9.17) is 10.8 Å². The van der Waals surface area contributed by atoms with Gasteiger partial charge < -0.3 is 10.8 Å². The van der Waals surface area contributed by atoms with Gasteiger partial charge in [-0.25, -0.2) is 4.79 Å². The van der Waals surface area contributed by atoms with Gasteiger partial charge in [-0.2, -0.15) is 4.79 Å². The Morgan fingerprint density at radius 2 is 2.07 bits per heavy atom. The summed E-state index contributed by atoms with van der Waals surface area (Å²) in [6, 6.07) is 6.33. The van der Waals surface area contributed by atoms with E-state index in [9.17, 15) is 9.28 Å². The van der Waals surface area contributed by atoms with Gasteiger partial charge in [0.05, 0.1) is 11.2 Å². The predicted octanol–water partition coefficient (Wildman–Crippen LogP) is 1.65. The summed E-state index contributed by atoms with van der Waals surface area (Å²) < 4.78 is 13.4. The zero-order valence-corrected chi connectivity index (χ0v) is 7.07. The number of aromatic carboxylic acids is 1. The maximum atomic E-state index is 13.4. The van der Waals surface area contributed by atoms with Crippen molar-refractivity contribution < 1.29 is 14.4 Å². The van der Waals surface area contributed by atoms with Crippen LogP contribution in [0, 0.1) is 0 Å². The fourth-order valence-corrected chi connectivity index (χ4v) is 1.43. The van der Waals surface area contributed by atoms with Crippen molar-refractivity contribution in [3.63, 3.8) is 0 Å². The Morgan fingerprint density at radius 3 is 2.64 bits per heavy atom. The number of anilines is 1. The third kappa shape index (κ3) is 0.953. The molecular formula is C9H7FN2O2. The molecule has 72 valence electrons. The first kappa shape index (κ1) is 8.55. The molecule has 14 heavy (non-hydrogen) atoms. The summed E-state index contributed by atoms with van der Waals surface area (Å²) in [6.07, 6.45) is 0. The molecule has 5 heteroatoms. The van der Waals surface area contributed by atoms with Gasteiger partial charge in [-0.15, -0.1) is 0 Å². The van der Waals surface area contributed by atoms with Crippen molar-refractivity contribution in [1.29, 1.82) is 0 Å². The molecule has 0 aliphatic carbocycles. The maximum Gasteiger partial charge on any atom is 0.357 e. The minimum atomic E-state index is -1.37. The average Bonchev–Trinajstić information content (AvgIpc) is 2.41. The van der Waals surface area contributed by atoms with E-state index in [1.807, 2.05) is 0 Å². The molecule has 0 spiro atoms. The summed E-state index contributed by atoms with van der Waals surface area (Å²) in [7, 11) is 0. The normalized spacial score (nSPS) is 10.6. The van der Waals surface area contributed by atoms with Gasteiger partial charge in [-0.05, 0) is 6.07 Å². The van der Waals surface area contributed by atoms with Crippen molar-refractivity contribution in [2.75, 3.05) is 5.73 Å². The Labute approximate surface area is 78.3 Å². The SMILES string of the molecule is Nc1c(C(=O)O)n(F)c2ccccc12. The number of fused-ring (bicyclic) bond motifs is 1. The summed E-state index contributed by atoms with van der Waals surface area (Å²) in [5.74, 6) is -1.37. The van der Waals surface area contributed by atoms with Crippen molar-refractivity contribution in [3.8, 4) is 0 Å². The Bertz CT molecular complexity index is 480. The van der Waals surface area contributed by atoms with Crippen LogP contribution in [0.1, 0.15) is 10.5 Å². The van der Waals surface area contributed by atoms with Gasteiger partial charge in [-0.1, -0.05) is 22.7 Å². The molecule has 0 fully saturated rings. The molecule has 1 aromatic heterocycles. The minimum absolute atomic E-state index is 0.0457. The standard InChI is InChI=1S/C9H7FN2O2/c10-12-6-4-2-1-3-5(6)7(11)8(12)9(13)14/h1-4H,11H2,(H,13,14). The van der Waals surface area contributed by atoms with Gasteiger partial charge in [0.2, 0.25) is 0 Å². The van der Waals surface area contributed by atoms with E-state index < -0.39 is 11.7 Å². The third-order valence-corrected chi connectivity index (χ3v) is 2.06. The lowest BCUT2D eigenvalue weighted by molar-refractivity contribution is 0.0676. The van der Waals surface area contributed by atoms with Crippen molar-refractivity contribution in [2.24, 2.45) is 0 Å². The smallest absolute Gasteiger partial charge is 0.357 e. The molecule has 1 aromatic carbocycles. The number of rotatable bonds is 1. The highest BCUT2D eigenvalue weighted by Gasteiger charge is 2.20. The summed E-state index contributed by atoms with van der Waals surface area (Å²) in [6.45, 7) is 0. The first-order valence-electron chi connectivity index (χ1n) is 3.91. The predicted molar refractivity (Wildman–Crippen MR) is 49.8 cm³/mol. The highest BCUT2D eigenvalue weighted by atomic mass is 19.2. The van der Waals surface area contributed by atoms with Crippen LogP contribution < -0.4 is 5.73 Å². The zero-order chi connectivity index (χ0) is 10.3. The Balaban J connectivity index is 2.92. The molecule has 2 rings (SSSR count). The van der Waals surface area contributed by atoms with Crippen LogP contribution in [0.25, 0.3) is 10.9 Å². The number of carboxylic acids is 1. The van der Waals surface area contributed by atoms with Gasteiger partial charge in [0.15, 0.2) is 5.69 Å². The van der Waals surface area contributed by atoms with Crippen LogP contribution in [0.5, 0.6) is 0 Å². The lowest BCUT2D eigenvalue weighted by atomic mass is 10.2. The van der Waals surface area contributed by atoms with Crippen molar-refractivity contribution in [2.45, 2.75) is 0 Å². The number of para-hydroxylation sites is 1. The van der Waals surface area contributed by atoms with E-state index in [0.717, 1.165) is 0 Å². The first-order valence-corrected chi connectivity index (χ1v) is 3.91. The molecule has 0 aliphatic heterocycles. The van der Waals surface area contributed by atoms with E-state index in [0.29, 0.717) is 5.39 Å². The molecule has 0 amide bonds. The van der Waals surface area contributed by atoms with E-state index in [-0.39, 0.29) is 16.0 Å². The molecule has 0 unspecified atom stereocenters. The van der Waals surface area contributed by atoms with E-state index in [1.165, 1.54) is 6.07 Å². The highest BCUT2D eigenvalue weighted by Crippen LogP contribution is 2.28. The number of hydrogen-bond acceptors (Lipinski definition) is 2. The topological polar surface area (TPSA) is 68.2 Å². The van der Waals surface area contributed by atoms with E-state index in [1.54, 1.807) is 18.2 Å². The minimum Gasteiger partial charge on any atom is -0.476 e. The van der Waals surface area contributed by atoms with E-state index in [2.05, 4.69) is 0 Å². The number of nitrogens with zero attached hydrogens (tertiary/aromatic N) is 1. The second-order valence-corrected chi connectivity index (χ2v) is 2.87. The van der Waals surface area contributed by atoms with Crippen molar-refractivity contribution >= 4 is 22.6 Å². The average molecular weight is 194 g/mol. The molecular weight excluding hydrogens is 187 g/mol. The van der Waals surface area contributed by atoms with Gasteiger partial charge in [-0.3, -0.25) is 0 Å². The molecule has 1 heterocycles. The molecule has 0 aliphatic rings. The van der Waals surface area contributed by atoms with Crippen LogP contribution in [-0.4, -0.2) is 15.9 Å². The largest absolute Gasteiger partial charge is 0.476 e. The van der Waals surface area contributed by atoms with Crippen LogP contribution in [0.4, 0.5) is 10.2 Å². The number of carbonyl (C=O) groups is 1. The Morgan fingerprint density at radius 1 is 1.43 bits per heavy atom. The monoisotopic (exact) mass is 194 g/mol. The van der Waals surface area contributed by atoms with Gasteiger partial charge >= 0.3 is 5.97 Å². The summed E-state index contributed by atoms with van der Waals surface area (Å²) in [5, 5.41) is 9.12. The molecule has 0 saturated carbocycles. The highest BCUT2D eigenvalue weighted by molar-refractivity contribution is 6.05. The lowest BCUT2D eigenvalue weighted by Crippen LogP contribution is -2.04. The molecule has 0 atom stereocenters. The molecule has 0 saturated heterocycles. The van der Waals surface area contributed by atoms with Gasteiger partial charge in [0.25, 0.3) is 0 Å². The van der Waals surface area contributed by atoms with E-state index >= 15 is 0 Å². The summed E-state index contributed by atoms with van der Waals surface area (Å²) in [5.41, 5.74) is 5.10. The zero-order valence-electron chi connectivity index (χ0n) is 7.07. The van der Waals surface area contributed by atoms with Crippen molar-refractivity contribution in [3.05, 3.63) is 30.0 Å². The fourth-order valence-electron chi connectivity index (χ4n) is 1.43. The third-order valence-electron chi connectivity index (χ3n) is 2.06. The first-order chi connectivity index (χ1) is 6.63. The molecule has 2 aromatic rings. The number of aromatic nitrogens is 1. The van der Waals surface area contributed by atoms with Crippen LogP contribution in [0.15, 0.2) is 24.3 Å². The molecule has 0 bridgehead atoms. The number of nitrogens with two attached hydrogens (primary N) is 1. The Hall–Kier alpha value is -2.04. The number of hydrogen-bond donors (Lipinski definition) is 2.